The predicted molar refractivity (Wildman–Crippen MR) is 61.9 cm³/mol. The maximum Gasteiger partial charge on any atom is 0.325 e. The first-order chi connectivity index (χ1) is 6.82. The number of nitrogens with zero attached hydrogens (tertiary/aromatic N) is 1. The van der Waals surface area contributed by atoms with E-state index in [1.54, 1.807) is 20.8 Å². The number of amides is 1. The van der Waals surface area contributed by atoms with Gasteiger partial charge >= 0.3 is 5.97 Å². The first kappa shape index (κ1) is 14.4. The van der Waals surface area contributed by atoms with Crippen LogP contribution in [0.1, 0.15) is 27.7 Å². The standard InChI is InChI=1S/C10H18BrNO3/c1-5-12(7-8(13)15-6-2)9(14)10(3,4)11/h5-7H2,1-4H3. The molecule has 88 valence electrons. The summed E-state index contributed by atoms with van der Waals surface area (Å²) in [5.41, 5.74) is 0. The number of ether oxygens (including phenoxy) is 1. The molecule has 0 atom stereocenters. The third-order valence-corrected chi connectivity index (χ3v) is 2.14. The molecule has 0 bridgehead atoms. The quantitative estimate of drug-likeness (QED) is 0.567. The fourth-order valence-corrected chi connectivity index (χ4v) is 1.32. The second-order valence-electron chi connectivity index (χ2n) is 3.60. The van der Waals surface area contributed by atoms with Crippen LogP contribution in [-0.2, 0) is 14.3 Å². The molecule has 0 heterocycles. The van der Waals surface area contributed by atoms with Crippen LogP contribution in [0.3, 0.4) is 0 Å². The van der Waals surface area contributed by atoms with Gasteiger partial charge in [-0.15, -0.1) is 0 Å². The van der Waals surface area contributed by atoms with E-state index in [-0.39, 0.29) is 18.4 Å². The van der Waals surface area contributed by atoms with E-state index in [2.05, 4.69) is 15.9 Å². The lowest BCUT2D eigenvalue weighted by molar-refractivity contribution is -0.149. The number of hydrogen-bond donors (Lipinski definition) is 0. The molecule has 0 aliphatic carbocycles. The van der Waals surface area contributed by atoms with Crippen LogP contribution in [0.2, 0.25) is 0 Å². The highest BCUT2D eigenvalue weighted by atomic mass is 79.9. The number of alkyl halides is 1. The minimum atomic E-state index is -0.643. The summed E-state index contributed by atoms with van der Waals surface area (Å²) in [6.07, 6.45) is 0. The maximum atomic E-state index is 11.8. The Labute approximate surface area is 99.1 Å². The second kappa shape index (κ2) is 6.10. The Morgan fingerprint density at radius 3 is 2.20 bits per heavy atom. The highest BCUT2D eigenvalue weighted by molar-refractivity contribution is 9.10. The molecule has 0 unspecified atom stereocenters. The SMILES string of the molecule is CCOC(=O)CN(CC)C(=O)C(C)(C)Br. The Morgan fingerprint density at radius 1 is 1.33 bits per heavy atom. The van der Waals surface area contributed by atoms with Gasteiger partial charge in [0.25, 0.3) is 0 Å². The molecule has 0 aromatic rings. The molecule has 0 aliphatic rings. The number of carbonyl (C=O) groups is 2. The average molecular weight is 280 g/mol. The minimum Gasteiger partial charge on any atom is -0.465 e. The third kappa shape index (κ3) is 5.16. The summed E-state index contributed by atoms with van der Waals surface area (Å²) in [5, 5.41) is 0. The van der Waals surface area contributed by atoms with E-state index in [1.165, 1.54) is 4.90 Å². The van der Waals surface area contributed by atoms with Gasteiger partial charge in [-0.3, -0.25) is 9.59 Å². The van der Waals surface area contributed by atoms with Crippen molar-refractivity contribution in [3.8, 4) is 0 Å². The van der Waals surface area contributed by atoms with Gasteiger partial charge in [-0.1, -0.05) is 15.9 Å². The molecule has 5 heteroatoms. The lowest BCUT2D eigenvalue weighted by Crippen LogP contribution is -2.44. The number of likely N-dealkylation sites (N-methyl/N-ethyl adjacent to an activating group) is 1. The zero-order valence-corrected chi connectivity index (χ0v) is 11.3. The number of hydrogen-bond acceptors (Lipinski definition) is 3. The van der Waals surface area contributed by atoms with Gasteiger partial charge in [-0.25, -0.2) is 0 Å². The normalized spacial score (nSPS) is 11.0. The Hall–Kier alpha value is -0.580. The molecule has 0 aromatic heterocycles. The van der Waals surface area contributed by atoms with Crippen LogP contribution in [-0.4, -0.2) is 40.8 Å². The summed E-state index contributed by atoms with van der Waals surface area (Å²) in [7, 11) is 0. The van der Waals surface area contributed by atoms with Crippen molar-refractivity contribution in [2.75, 3.05) is 19.7 Å². The van der Waals surface area contributed by atoms with Gasteiger partial charge in [0, 0.05) is 6.54 Å². The molecular formula is C10H18BrNO3. The molecule has 0 spiro atoms. The zero-order chi connectivity index (χ0) is 12.1. The van der Waals surface area contributed by atoms with Gasteiger partial charge in [-0.05, 0) is 27.7 Å². The van der Waals surface area contributed by atoms with Crippen molar-refractivity contribution in [2.45, 2.75) is 32.0 Å². The first-order valence-electron chi connectivity index (χ1n) is 4.96. The number of halogens is 1. The van der Waals surface area contributed by atoms with Gasteiger partial charge < -0.3 is 9.64 Å². The number of carbonyl (C=O) groups excluding carboxylic acids is 2. The first-order valence-corrected chi connectivity index (χ1v) is 5.76. The lowest BCUT2D eigenvalue weighted by Gasteiger charge is -2.26. The van der Waals surface area contributed by atoms with E-state index in [0.29, 0.717) is 13.2 Å². The Morgan fingerprint density at radius 2 is 1.87 bits per heavy atom. The van der Waals surface area contributed by atoms with Gasteiger partial charge in [0.2, 0.25) is 5.91 Å². The monoisotopic (exact) mass is 279 g/mol. The van der Waals surface area contributed by atoms with Crippen molar-refractivity contribution < 1.29 is 14.3 Å². The van der Waals surface area contributed by atoms with Crippen molar-refractivity contribution >= 4 is 27.8 Å². The summed E-state index contributed by atoms with van der Waals surface area (Å²) in [4.78, 5) is 24.5. The molecule has 0 aromatic carbocycles. The highest BCUT2D eigenvalue weighted by Gasteiger charge is 2.29. The van der Waals surface area contributed by atoms with E-state index in [0.717, 1.165) is 0 Å². The summed E-state index contributed by atoms with van der Waals surface area (Å²) >= 11 is 3.27. The molecule has 0 N–H and O–H groups in total. The fourth-order valence-electron chi connectivity index (χ4n) is 1.07. The Bertz CT molecular complexity index is 235. The molecule has 1 amide bonds. The molecular weight excluding hydrogens is 262 g/mol. The van der Waals surface area contributed by atoms with Crippen LogP contribution in [0.4, 0.5) is 0 Å². The summed E-state index contributed by atoms with van der Waals surface area (Å²) < 4.78 is 4.15. The van der Waals surface area contributed by atoms with E-state index >= 15 is 0 Å². The number of esters is 1. The molecule has 0 saturated heterocycles. The van der Waals surface area contributed by atoms with Crippen LogP contribution in [0.15, 0.2) is 0 Å². The third-order valence-electron chi connectivity index (χ3n) is 1.80. The van der Waals surface area contributed by atoms with Gasteiger partial charge in [0.1, 0.15) is 6.54 Å². The smallest absolute Gasteiger partial charge is 0.325 e. The summed E-state index contributed by atoms with van der Waals surface area (Å²) in [5.74, 6) is -0.484. The van der Waals surface area contributed by atoms with Crippen LogP contribution < -0.4 is 0 Å². The molecule has 0 radical (unpaired) electrons. The zero-order valence-electron chi connectivity index (χ0n) is 9.67. The molecule has 0 saturated carbocycles. The van der Waals surface area contributed by atoms with Gasteiger partial charge in [-0.2, -0.15) is 0 Å². The summed E-state index contributed by atoms with van der Waals surface area (Å²) in [6.45, 7) is 7.92. The topological polar surface area (TPSA) is 46.6 Å². The molecule has 15 heavy (non-hydrogen) atoms. The van der Waals surface area contributed by atoms with Crippen molar-refractivity contribution in [1.82, 2.24) is 4.90 Å². The Kier molecular flexibility index (Phi) is 5.87. The molecule has 0 aliphatic heterocycles. The Balaban J connectivity index is 4.38. The van der Waals surface area contributed by atoms with Crippen LogP contribution in [0.25, 0.3) is 0 Å². The minimum absolute atomic E-state index is 0.0121. The number of rotatable bonds is 5. The van der Waals surface area contributed by atoms with Crippen molar-refractivity contribution in [3.63, 3.8) is 0 Å². The van der Waals surface area contributed by atoms with Crippen molar-refractivity contribution in [2.24, 2.45) is 0 Å². The van der Waals surface area contributed by atoms with E-state index in [4.69, 9.17) is 4.74 Å². The van der Waals surface area contributed by atoms with E-state index in [1.807, 2.05) is 6.92 Å². The van der Waals surface area contributed by atoms with Crippen LogP contribution in [0, 0.1) is 0 Å². The molecule has 0 rings (SSSR count). The molecule has 4 nitrogen and oxygen atoms in total. The highest BCUT2D eigenvalue weighted by Crippen LogP contribution is 2.19. The lowest BCUT2D eigenvalue weighted by atomic mass is 10.2. The van der Waals surface area contributed by atoms with E-state index in [9.17, 15) is 9.59 Å². The van der Waals surface area contributed by atoms with E-state index < -0.39 is 4.32 Å². The summed E-state index contributed by atoms with van der Waals surface area (Å²) in [6, 6.07) is 0. The second-order valence-corrected chi connectivity index (χ2v) is 5.58. The average Bonchev–Trinajstić information content (AvgIpc) is 2.12. The fraction of sp³-hybridized carbons (Fsp3) is 0.800. The van der Waals surface area contributed by atoms with Gasteiger partial charge in [0.15, 0.2) is 0 Å². The maximum absolute atomic E-state index is 11.8. The van der Waals surface area contributed by atoms with Crippen molar-refractivity contribution in [3.05, 3.63) is 0 Å². The van der Waals surface area contributed by atoms with Crippen molar-refractivity contribution in [1.29, 1.82) is 0 Å². The van der Waals surface area contributed by atoms with Crippen LogP contribution in [0.5, 0.6) is 0 Å². The largest absolute Gasteiger partial charge is 0.465 e. The van der Waals surface area contributed by atoms with Crippen LogP contribution >= 0.6 is 15.9 Å². The van der Waals surface area contributed by atoms with Gasteiger partial charge in [0.05, 0.1) is 10.9 Å². The molecule has 0 fully saturated rings. The predicted octanol–water partition coefficient (Wildman–Crippen LogP) is 1.57.